The Labute approximate surface area is 384 Å². The molecular weight excluding hydrogens is 898 g/mol. The van der Waals surface area contributed by atoms with E-state index in [1.807, 2.05) is 0 Å². The van der Waals surface area contributed by atoms with Crippen LogP contribution in [0, 0.1) is 11.6 Å². The van der Waals surface area contributed by atoms with Crippen molar-refractivity contribution in [2.24, 2.45) is 0 Å². The summed E-state index contributed by atoms with van der Waals surface area (Å²) in [7, 11) is 0. The molecule has 0 radical (unpaired) electrons. The maximum Gasteiger partial charge on any atom is 0.411 e. The highest BCUT2D eigenvalue weighted by molar-refractivity contribution is 6.28. The van der Waals surface area contributed by atoms with Gasteiger partial charge in [0, 0.05) is 47.0 Å². The minimum atomic E-state index is -1.27. The van der Waals surface area contributed by atoms with Crippen LogP contribution in [0.5, 0.6) is 11.5 Å². The quantitative estimate of drug-likeness (QED) is 0.0575. The van der Waals surface area contributed by atoms with E-state index in [0.717, 1.165) is 12.4 Å². The maximum absolute atomic E-state index is 14.4. The van der Waals surface area contributed by atoms with Crippen LogP contribution in [0.3, 0.4) is 0 Å². The van der Waals surface area contributed by atoms with Gasteiger partial charge in [-0.05, 0) is 98.2 Å². The standard InChI is InChI=1S/C22H20ClFN6O4.C22H19FN6O4/c1-22(7-8-33-21(32)28-13-4-2-3-12(25)9-13)19(31)29-16-10-14(5-6-17(16)34-22)27-18-15(24)11-26-20(23)30-18;1-22-7-8-32-21(31)27-13-4-2-3-12(9-13)26-20-24-11-15(23)18(29-20)25-14-5-6-17(33-22)16(10-14)28-19(22)30/h2-6,9-11H,7-8,25H2,1H3,(H,28,32)(H,29,31)(H,26,27,30);2-6,9-11H,7-8H2,1H3,(H,27,31)(H,28,30)(H2,24,25,26,29). The van der Waals surface area contributed by atoms with Crippen LogP contribution >= 0.6 is 11.6 Å². The SMILES string of the molecule is CC1(CCOC(=O)Nc2cccc(N)c2)Oc2ccc(Nc3nc(Cl)ncc3F)cc2NC1=O.CC12CCOC(=O)Nc3cccc(c3)Nc3ncc(F)c(n3)Nc3ccc(c(c3)NC1=O)O2. The number of rotatable bonds is 6. The first-order chi connectivity index (χ1) is 32.1. The lowest BCUT2D eigenvalue weighted by molar-refractivity contribution is -0.132. The number of carbonyl (C=O) groups excluding carboxylic acids is 4. The number of nitrogens with zero attached hydrogens (tertiary/aromatic N) is 4. The van der Waals surface area contributed by atoms with Crippen LogP contribution in [-0.4, -0.2) is 68.4 Å². The highest BCUT2D eigenvalue weighted by atomic mass is 35.5. The third-order valence-corrected chi connectivity index (χ3v) is 10.4. The van der Waals surface area contributed by atoms with E-state index in [9.17, 15) is 28.0 Å². The third-order valence-electron chi connectivity index (χ3n) is 10.2. The van der Waals surface area contributed by atoms with E-state index < -0.39 is 40.9 Å². The first-order valence-electron chi connectivity index (χ1n) is 20.2. The molecule has 0 saturated heterocycles. The maximum atomic E-state index is 14.4. The molecule has 9 N–H and O–H groups in total. The lowest BCUT2D eigenvalue weighted by Gasteiger charge is -2.34. The van der Waals surface area contributed by atoms with Gasteiger partial charge in [-0.15, -0.1) is 0 Å². The fraction of sp³-hybridized carbons (Fsp3) is 0.182. The van der Waals surface area contributed by atoms with Gasteiger partial charge in [-0.25, -0.2) is 28.3 Å². The molecule has 2 atom stereocenters. The van der Waals surface area contributed by atoms with Crippen LogP contribution in [-0.2, 0) is 19.1 Å². The molecule has 23 heteroatoms. The van der Waals surface area contributed by atoms with E-state index in [2.05, 4.69) is 57.2 Å². The molecule has 2 aromatic heterocycles. The number of nitrogens with one attached hydrogen (secondary N) is 7. The molecule has 2 unspecified atom stereocenters. The fourth-order valence-corrected chi connectivity index (χ4v) is 6.77. The van der Waals surface area contributed by atoms with Gasteiger partial charge in [-0.1, -0.05) is 12.1 Å². The van der Waals surface area contributed by atoms with Gasteiger partial charge < -0.3 is 51.3 Å². The molecule has 7 heterocycles. The normalized spacial score (nSPS) is 18.0. The second-order valence-electron chi connectivity index (χ2n) is 15.3. The average Bonchev–Trinajstić information content (AvgIpc) is 3.27. The zero-order chi connectivity index (χ0) is 47.3. The summed E-state index contributed by atoms with van der Waals surface area (Å²) in [5.74, 6) is -1.34. The van der Waals surface area contributed by atoms with Gasteiger partial charge in [0.2, 0.25) is 11.2 Å². The number of anilines is 11. The van der Waals surface area contributed by atoms with E-state index in [1.54, 1.807) is 98.8 Å². The van der Waals surface area contributed by atoms with Crippen molar-refractivity contribution in [2.45, 2.75) is 37.9 Å². The smallest absolute Gasteiger partial charge is 0.411 e. The van der Waals surface area contributed by atoms with Crippen molar-refractivity contribution < 1.29 is 46.9 Å². The van der Waals surface area contributed by atoms with Crippen LogP contribution in [0.1, 0.15) is 26.7 Å². The Bertz CT molecular complexity index is 2920. The third kappa shape index (κ3) is 10.9. The molecule has 344 valence electrons. The summed E-state index contributed by atoms with van der Waals surface area (Å²) < 4.78 is 50.5. The zero-order valence-corrected chi connectivity index (χ0v) is 36.1. The van der Waals surface area contributed by atoms with Crippen LogP contribution < -0.4 is 52.4 Å². The number of carbonyl (C=O) groups is 4. The number of hydrogen-bond acceptors (Lipinski definition) is 16. The Kier molecular flexibility index (Phi) is 12.7. The predicted molar refractivity (Wildman–Crippen MR) is 244 cm³/mol. The average molecular weight is 937 g/mol. The Morgan fingerprint density at radius 1 is 0.791 bits per heavy atom. The number of nitrogen functional groups attached to an aromatic ring is 1. The summed E-state index contributed by atoms with van der Waals surface area (Å²) in [5, 5.41) is 19.3. The van der Waals surface area contributed by atoms with E-state index >= 15 is 0 Å². The van der Waals surface area contributed by atoms with E-state index in [0.29, 0.717) is 57.0 Å². The lowest BCUT2D eigenvalue weighted by Crippen LogP contribution is -2.49. The van der Waals surface area contributed by atoms with E-state index in [1.165, 1.54) is 0 Å². The fourth-order valence-electron chi connectivity index (χ4n) is 6.63. The number of halogens is 3. The molecule has 6 aromatic rings. The molecule has 67 heavy (non-hydrogen) atoms. The molecule has 20 nitrogen and oxygen atoms in total. The number of ether oxygens (including phenoxy) is 4. The lowest BCUT2D eigenvalue weighted by atomic mass is 9.99. The number of benzene rings is 4. The molecule has 0 saturated carbocycles. The first-order valence-corrected chi connectivity index (χ1v) is 20.6. The number of fused-ring (bicyclic) bond motifs is 3. The molecule has 0 spiro atoms. The van der Waals surface area contributed by atoms with Gasteiger partial charge in [0.25, 0.3) is 11.8 Å². The summed E-state index contributed by atoms with van der Waals surface area (Å²) in [6, 6.07) is 23.2. The van der Waals surface area contributed by atoms with Crippen molar-refractivity contribution >= 4 is 98.7 Å². The molecule has 4 aromatic carbocycles. The topological polar surface area (TPSA) is 267 Å². The van der Waals surface area contributed by atoms with Gasteiger partial charge in [0.05, 0.1) is 37.0 Å². The van der Waals surface area contributed by atoms with Crippen LogP contribution in [0.4, 0.5) is 81.5 Å². The van der Waals surface area contributed by atoms with Gasteiger partial charge in [-0.2, -0.15) is 9.97 Å². The minimum Gasteiger partial charge on any atom is -0.475 e. The summed E-state index contributed by atoms with van der Waals surface area (Å²) in [6.07, 6.45) is 0.865. The van der Waals surface area contributed by atoms with Crippen molar-refractivity contribution in [3.8, 4) is 11.5 Å². The minimum absolute atomic E-state index is 0.0401. The Morgan fingerprint density at radius 2 is 1.51 bits per heavy atom. The monoisotopic (exact) mass is 936 g/mol. The second-order valence-corrected chi connectivity index (χ2v) is 15.7. The van der Waals surface area contributed by atoms with Crippen molar-refractivity contribution in [2.75, 3.05) is 56.2 Å². The zero-order valence-electron chi connectivity index (χ0n) is 35.3. The summed E-state index contributed by atoms with van der Waals surface area (Å²) in [6.45, 7) is 3.10. The molecule has 5 aliphatic rings. The largest absolute Gasteiger partial charge is 0.475 e. The highest BCUT2D eigenvalue weighted by Gasteiger charge is 2.41. The summed E-state index contributed by atoms with van der Waals surface area (Å²) >= 11 is 5.71. The van der Waals surface area contributed by atoms with Gasteiger partial charge in [0.1, 0.15) is 11.5 Å². The molecule has 8 bridgehead atoms. The second kappa shape index (κ2) is 18.9. The number of nitrogens with two attached hydrogens (primary N) is 1. The predicted octanol–water partition coefficient (Wildman–Crippen LogP) is 8.47. The molecule has 5 aliphatic heterocycles. The molecule has 0 fully saturated rings. The van der Waals surface area contributed by atoms with Crippen molar-refractivity contribution in [1.82, 2.24) is 19.9 Å². The van der Waals surface area contributed by atoms with Gasteiger partial charge in [-0.3, -0.25) is 20.2 Å². The molecular formula is C44H39ClF2N12O8. The van der Waals surface area contributed by atoms with Crippen LogP contribution in [0.15, 0.2) is 97.3 Å². The molecule has 4 amide bonds. The Balaban J connectivity index is 0.000000182. The van der Waals surface area contributed by atoms with Gasteiger partial charge in [0.15, 0.2) is 34.5 Å². The van der Waals surface area contributed by atoms with Crippen LogP contribution in [0.2, 0.25) is 5.28 Å². The molecule has 11 rings (SSSR count). The van der Waals surface area contributed by atoms with Crippen molar-refractivity contribution in [3.63, 3.8) is 0 Å². The Hall–Kier alpha value is -8.53. The molecule has 0 aliphatic carbocycles. The first kappa shape index (κ1) is 45.1. The van der Waals surface area contributed by atoms with E-state index in [-0.39, 0.29) is 54.8 Å². The highest BCUT2D eigenvalue weighted by Crippen LogP contribution is 2.39. The number of amides is 4. The van der Waals surface area contributed by atoms with Crippen molar-refractivity contribution in [3.05, 3.63) is 114 Å². The number of aromatic nitrogens is 4. The number of hydrogen-bond donors (Lipinski definition) is 8. The summed E-state index contributed by atoms with van der Waals surface area (Å²) in [5.41, 5.74) is 6.94. The summed E-state index contributed by atoms with van der Waals surface area (Å²) in [4.78, 5) is 65.2. The van der Waals surface area contributed by atoms with Crippen LogP contribution in [0.25, 0.3) is 0 Å². The van der Waals surface area contributed by atoms with E-state index in [4.69, 9.17) is 36.3 Å². The van der Waals surface area contributed by atoms with Crippen molar-refractivity contribution in [1.29, 1.82) is 0 Å². The van der Waals surface area contributed by atoms with Gasteiger partial charge >= 0.3 is 12.2 Å². The Morgan fingerprint density at radius 3 is 2.33 bits per heavy atom.